The van der Waals surface area contributed by atoms with Gasteiger partial charge in [0, 0.05) is 5.54 Å². The van der Waals surface area contributed by atoms with Gasteiger partial charge in [0.1, 0.15) is 6.33 Å². The molecule has 5 nitrogen and oxygen atoms in total. The van der Waals surface area contributed by atoms with E-state index in [4.69, 9.17) is 4.74 Å². The van der Waals surface area contributed by atoms with Crippen LogP contribution < -0.4 is 10.1 Å². The molecule has 14 heavy (non-hydrogen) atoms. The molecule has 76 valence electrons. The molecule has 1 heterocycles. The number of aromatic nitrogens is 2. The lowest BCUT2D eigenvalue weighted by Crippen LogP contribution is -2.42. The van der Waals surface area contributed by atoms with Gasteiger partial charge in [0.2, 0.25) is 0 Å². The van der Waals surface area contributed by atoms with Crippen LogP contribution in [0.25, 0.3) is 0 Å². The quantitative estimate of drug-likeness (QED) is 0.734. The summed E-state index contributed by atoms with van der Waals surface area (Å²) in [6.45, 7) is 5.61. The highest BCUT2D eigenvalue weighted by atomic mass is 16.6. The maximum absolute atomic E-state index is 11.2. The topological polar surface area (TPSA) is 64.1 Å². The zero-order valence-electron chi connectivity index (χ0n) is 8.44. The molecule has 0 saturated heterocycles. The Morgan fingerprint density at radius 2 is 1.93 bits per heavy atom. The fraction of sp³-hybridized carbons (Fsp3) is 0.444. The van der Waals surface area contributed by atoms with E-state index in [-0.39, 0.29) is 5.54 Å². The summed E-state index contributed by atoms with van der Waals surface area (Å²) in [5.41, 5.74) is -0.313. The number of amides is 1. The van der Waals surface area contributed by atoms with Crippen molar-refractivity contribution in [3.05, 3.63) is 18.7 Å². The molecule has 1 aromatic rings. The average Bonchev–Trinajstić information content (AvgIpc) is 2.02. The van der Waals surface area contributed by atoms with Crippen LogP contribution in [0.1, 0.15) is 20.8 Å². The lowest BCUT2D eigenvalue weighted by Gasteiger charge is -2.19. The van der Waals surface area contributed by atoms with E-state index in [0.717, 1.165) is 0 Å². The normalized spacial score (nSPS) is 10.8. The average molecular weight is 195 g/mol. The second-order valence-electron chi connectivity index (χ2n) is 3.84. The number of nitrogens with one attached hydrogen (secondary N) is 1. The zero-order chi connectivity index (χ0) is 10.6. The molecule has 1 aromatic heterocycles. The Labute approximate surface area is 82.5 Å². The van der Waals surface area contributed by atoms with Gasteiger partial charge in [0.05, 0.1) is 12.4 Å². The van der Waals surface area contributed by atoms with Crippen molar-refractivity contribution < 1.29 is 9.53 Å². The molecule has 1 N–H and O–H groups in total. The van der Waals surface area contributed by atoms with Gasteiger partial charge in [-0.25, -0.2) is 14.8 Å². The molecule has 0 aliphatic rings. The minimum absolute atomic E-state index is 0.313. The Morgan fingerprint density at radius 3 is 2.43 bits per heavy atom. The standard InChI is InChI=1S/C9H13N3O2/c1-9(2,3)12-8(13)14-7-4-10-6-11-5-7/h4-6H,1-3H3,(H,12,13). The number of hydrogen-bond donors (Lipinski definition) is 1. The third-order valence-electron chi connectivity index (χ3n) is 1.22. The van der Waals surface area contributed by atoms with Gasteiger partial charge >= 0.3 is 6.09 Å². The third kappa shape index (κ3) is 3.84. The van der Waals surface area contributed by atoms with Crippen LogP contribution >= 0.6 is 0 Å². The van der Waals surface area contributed by atoms with Crippen LogP contribution in [-0.2, 0) is 0 Å². The summed E-state index contributed by atoms with van der Waals surface area (Å²) in [5.74, 6) is 0.328. The van der Waals surface area contributed by atoms with Crippen molar-refractivity contribution in [2.45, 2.75) is 26.3 Å². The monoisotopic (exact) mass is 195 g/mol. The molecule has 0 radical (unpaired) electrons. The summed E-state index contributed by atoms with van der Waals surface area (Å²) < 4.78 is 4.92. The van der Waals surface area contributed by atoms with Crippen LogP contribution in [0.3, 0.4) is 0 Å². The van der Waals surface area contributed by atoms with Crippen molar-refractivity contribution in [3.8, 4) is 5.75 Å². The molecule has 0 aromatic carbocycles. The van der Waals surface area contributed by atoms with Crippen LogP contribution in [0.4, 0.5) is 4.79 Å². The predicted molar refractivity (Wildman–Crippen MR) is 50.9 cm³/mol. The number of rotatable bonds is 1. The minimum atomic E-state index is -0.507. The van der Waals surface area contributed by atoms with Gasteiger partial charge in [-0.1, -0.05) is 0 Å². The van der Waals surface area contributed by atoms with Gasteiger partial charge in [-0.2, -0.15) is 0 Å². The van der Waals surface area contributed by atoms with E-state index >= 15 is 0 Å². The van der Waals surface area contributed by atoms with Crippen LogP contribution in [0.5, 0.6) is 5.75 Å². The van der Waals surface area contributed by atoms with E-state index in [1.54, 1.807) is 0 Å². The third-order valence-corrected chi connectivity index (χ3v) is 1.22. The van der Waals surface area contributed by atoms with Gasteiger partial charge in [0.25, 0.3) is 0 Å². The Hall–Kier alpha value is -1.65. The fourth-order valence-corrected chi connectivity index (χ4v) is 0.777. The van der Waals surface area contributed by atoms with E-state index in [1.807, 2.05) is 20.8 Å². The smallest absolute Gasteiger partial charge is 0.407 e. The zero-order valence-corrected chi connectivity index (χ0v) is 8.44. The van der Waals surface area contributed by atoms with Crippen LogP contribution in [0.15, 0.2) is 18.7 Å². The highest BCUT2D eigenvalue weighted by Crippen LogP contribution is 2.06. The van der Waals surface area contributed by atoms with Crippen molar-refractivity contribution >= 4 is 6.09 Å². The molecule has 0 spiro atoms. The van der Waals surface area contributed by atoms with Crippen molar-refractivity contribution in [3.63, 3.8) is 0 Å². The van der Waals surface area contributed by atoms with E-state index in [2.05, 4.69) is 15.3 Å². The second kappa shape index (κ2) is 4.04. The molecular formula is C9H13N3O2. The largest absolute Gasteiger partial charge is 0.413 e. The van der Waals surface area contributed by atoms with Crippen LogP contribution in [0, 0.1) is 0 Å². The summed E-state index contributed by atoms with van der Waals surface area (Å²) in [6.07, 6.45) is 3.71. The first kappa shape index (κ1) is 10.4. The number of carbonyl (C=O) groups is 1. The Kier molecular flexibility index (Phi) is 3.01. The molecule has 0 aliphatic carbocycles. The number of nitrogens with zero attached hydrogens (tertiary/aromatic N) is 2. The van der Waals surface area contributed by atoms with E-state index in [9.17, 15) is 4.79 Å². The number of ether oxygens (including phenoxy) is 1. The molecular weight excluding hydrogens is 182 g/mol. The Bertz CT molecular complexity index is 306. The highest BCUT2D eigenvalue weighted by molar-refractivity contribution is 5.70. The molecule has 1 rings (SSSR count). The van der Waals surface area contributed by atoms with Crippen LogP contribution in [-0.4, -0.2) is 21.6 Å². The van der Waals surface area contributed by atoms with E-state index in [0.29, 0.717) is 5.75 Å². The second-order valence-corrected chi connectivity index (χ2v) is 3.84. The first-order valence-corrected chi connectivity index (χ1v) is 4.22. The van der Waals surface area contributed by atoms with Crippen LogP contribution in [0.2, 0.25) is 0 Å². The van der Waals surface area contributed by atoms with Gasteiger partial charge in [0.15, 0.2) is 5.75 Å². The molecule has 0 unspecified atom stereocenters. The lowest BCUT2D eigenvalue weighted by molar-refractivity contribution is 0.190. The summed E-state index contributed by atoms with van der Waals surface area (Å²) in [6, 6.07) is 0. The maximum atomic E-state index is 11.2. The lowest BCUT2D eigenvalue weighted by atomic mass is 10.1. The first-order chi connectivity index (χ1) is 6.47. The summed E-state index contributed by atoms with van der Waals surface area (Å²) in [5, 5.41) is 2.65. The first-order valence-electron chi connectivity index (χ1n) is 4.22. The van der Waals surface area contributed by atoms with Crippen molar-refractivity contribution in [1.82, 2.24) is 15.3 Å². The SMILES string of the molecule is CC(C)(C)NC(=O)Oc1cncnc1. The molecule has 0 atom stereocenters. The molecule has 1 amide bonds. The fourth-order valence-electron chi connectivity index (χ4n) is 0.777. The van der Waals surface area contributed by atoms with Gasteiger partial charge < -0.3 is 10.1 Å². The van der Waals surface area contributed by atoms with E-state index < -0.39 is 6.09 Å². The Morgan fingerprint density at radius 1 is 1.36 bits per heavy atom. The summed E-state index contributed by atoms with van der Waals surface area (Å²) in [4.78, 5) is 18.7. The molecule has 0 fully saturated rings. The Balaban J connectivity index is 2.50. The summed E-state index contributed by atoms with van der Waals surface area (Å²) >= 11 is 0. The van der Waals surface area contributed by atoms with Crippen molar-refractivity contribution in [2.24, 2.45) is 0 Å². The predicted octanol–water partition coefficient (Wildman–Crippen LogP) is 1.36. The molecule has 0 bridgehead atoms. The molecule has 5 heteroatoms. The number of carbonyl (C=O) groups excluding carboxylic acids is 1. The van der Waals surface area contributed by atoms with Gasteiger partial charge in [-0.05, 0) is 20.8 Å². The molecule has 0 saturated carbocycles. The van der Waals surface area contributed by atoms with Crippen molar-refractivity contribution in [1.29, 1.82) is 0 Å². The van der Waals surface area contributed by atoms with Gasteiger partial charge in [-0.15, -0.1) is 0 Å². The summed E-state index contributed by atoms with van der Waals surface area (Å²) in [7, 11) is 0. The maximum Gasteiger partial charge on any atom is 0.413 e. The number of hydrogen-bond acceptors (Lipinski definition) is 4. The highest BCUT2D eigenvalue weighted by Gasteiger charge is 2.15. The minimum Gasteiger partial charge on any atom is -0.407 e. The van der Waals surface area contributed by atoms with Crippen molar-refractivity contribution in [2.75, 3.05) is 0 Å². The van der Waals surface area contributed by atoms with Gasteiger partial charge in [-0.3, -0.25) is 0 Å². The molecule has 0 aliphatic heterocycles. The van der Waals surface area contributed by atoms with E-state index in [1.165, 1.54) is 18.7 Å².